The number of nitrogens with zero attached hydrogens (tertiary/aromatic N) is 2. The van der Waals surface area contributed by atoms with Gasteiger partial charge >= 0.3 is 0 Å². The van der Waals surface area contributed by atoms with Gasteiger partial charge < -0.3 is 25.8 Å². The van der Waals surface area contributed by atoms with E-state index >= 15 is 0 Å². The molecule has 9 heteroatoms. The predicted molar refractivity (Wildman–Crippen MR) is 134 cm³/mol. The van der Waals surface area contributed by atoms with Crippen molar-refractivity contribution in [1.82, 2.24) is 20.9 Å². The fourth-order valence-corrected chi connectivity index (χ4v) is 4.72. The Hall–Kier alpha value is -3.10. The summed E-state index contributed by atoms with van der Waals surface area (Å²) in [6, 6.07) is 17.5. The molecule has 0 aliphatic carbocycles. The summed E-state index contributed by atoms with van der Waals surface area (Å²) in [6.07, 6.45) is 1.74. The van der Waals surface area contributed by atoms with Gasteiger partial charge in [0, 0.05) is 19.3 Å². The third kappa shape index (κ3) is 5.51. The molecule has 2 aliphatic heterocycles. The zero-order valence-corrected chi connectivity index (χ0v) is 20.2. The maximum atomic E-state index is 13.5. The molecular formula is C25H32ClN5O3. The number of carbonyl (C=O) groups excluding carboxylic acids is 3. The van der Waals surface area contributed by atoms with Gasteiger partial charge in [-0.25, -0.2) is 0 Å². The van der Waals surface area contributed by atoms with Gasteiger partial charge in [-0.1, -0.05) is 42.5 Å². The summed E-state index contributed by atoms with van der Waals surface area (Å²) in [6.45, 7) is 2.33. The van der Waals surface area contributed by atoms with Gasteiger partial charge in [-0.05, 0) is 49.2 Å². The van der Waals surface area contributed by atoms with E-state index < -0.39 is 5.54 Å². The number of carbonyl (C=O) groups is 3. The van der Waals surface area contributed by atoms with Gasteiger partial charge in [-0.15, -0.1) is 12.4 Å². The van der Waals surface area contributed by atoms with Crippen molar-refractivity contribution in [3.8, 4) is 0 Å². The van der Waals surface area contributed by atoms with Crippen LogP contribution < -0.4 is 20.9 Å². The van der Waals surface area contributed by atoms with Gasteiger partial charge in [0.25, 0.3) is 0 Å². The molecule has 8 nitrogen and oxygen atoms in total. The number of anilines is 1. The van der Waals surface area contributed by atoms with E-state index in [9.17, 15) is 14.4 Å². The zero-order valence-electron chi connectivity index (χ0n) is 19.4. The van der Waals surface area contributed by atoms with E-state index in [1.807, 2.05) is 54.6 Å². The largest absolute Gasteiger partial charge is 0.359 e. The molecule has 2 aliphatic rings. The van der Waals surface area contributed by atoms with E-state index in [-0.39, 0.29) is 36.7 Å². The SMILES string of the molecule is CNC(=O)Cc1cccc(CNC(=O)CN2CN(c3ccccc3)C3(CCNCC3)C2=O)c1.Cl. The molecule has 2 saturated heterocycles. The van der Waals surface area contributed by atoms with Crippen LogP contribution in [0.15, 0.2) is 54.6 Å². The topological polar surface area (TPSA) is 93.8 Å². The first-order chi connectivity index (χ1) is 16.0. The lowest BCUT2D eigenvalue weighted by Crippen LogP contribution is -2.55. The van der Waals surface area contributed by atoms with Crippen molar-refractivity contribution >= 4 is 35.8 Å². The number of likely N-dealkylation sites (N-methyl/N-ethyl adjacent to an activating group) is 1. The highest BCUT2D eigenvalue weighted by Crippen LogP contribution is 2.37. The van der Waals surface area contributed by atoms with Gasteiger partial charge in [0.1, 0.15) is 12.1 Å². The Labute approximate surface area is 206 Å². The maximum Gasteiger partial charge on any atom is 0.250 e. The van der Waals surface area contributed by atoms with E-state index in [0.717, 1.165) is 42.7 Å². The second-order valence-electron chi connectivity index (χ2n) is 8.64. The van der Waals surface area contributed by atoms with Crippen molar-refractivity contribution in [3.63, 3.8) is 0 Å². The number of piperidine rings is 1. The molecular weight excluding hydrogens is 454 g/mol. The molecule has 0 atom stereocenters. The lowest BCUT2D eigenvalue weighted by Gasteiger charge is -2.40. The molecule has 4 rings (SSSR count). The van der Waals surface area contributed by atoms with Crippen LogP contribution in [0.25, 0.3) is 0 Å². The van der Waals surface area contributed by atoms with E-state index in [1.54, 1.807) is 11.9 Å². The summed E-state index contributed by atoms with van der Waals surface area (Å²) in [5, 5.41) is 8.88. The van der Waals surface area contributed by atoms with Crippen LogP contribution >= 0.6 is 12.4 Å². The van der Waals surface area contributed by atoms with Crippen molar-refractivity contribution in [3.05, 3.63) is 65.7 Å². The molecule has 1 spiro atoms. The van der Waals surface area contributed by atoms with E-state index in [4.69, 9.17) is 0 Å². The Bertz CT molecular complexity index is 1010. The standard InChI is InChI=1S/C25H31N5O3.ClH/c1-26-22(31)15-19-6-5-7-20(14-19)16-28-23(32)17-29-18-30(21-8-3-2-4-9-21)25(24(29)33)10-12-27-13-11-25;/h2-9,14,27H,10-13,15-18H2,1H3,(H,26,31)(H,28,32);1H. The normalized spacial score (nSPS) is 16.8. The summed E-state index contributed by atoms with van der Waals surface area (Å²) in [7, 11) is 1.61. The molecule has 2 heterocycles. The van der Waals surface area contributed by atoms with Crippen LogP contribution in [0.1, 0.15) is 24.0 Å². The van der Waals surface area contributed by atoms with Crippen LogP contribution in [-0.2, 0) is 27.3 Å². The molecule has 0 radical (unpaired) electrons. The van der Waals surface area contributed by atoms with Gasteiger partial charge in [0.15, 0.2) is 0 Å². The van der Waals surface area contributed by atoms with Crippen LogP contribution in [0.4, 0.5) is 5.69 Å². The minimum absolute atomic E-state index is 0. The number of halogens is 1. The van der Waals surface area contributed by atoms with Crippen LogP contribution in [0.5, 0.6) is 0 Å². The lowest BCUT2D eigenvalue weighted by atomic mass is 9.86. The average molecular weight is 486 g/mol. The van der Waals surface area contributed by atoms with Crippen molar-refractivity contribution in [2.75, 3.05) is 38.3 Å². The van der Waals surface area contributed by atoms with Crippen LogP contribution in [0.3, 0.4) is 0 Å². The Morgan fingerprint density at radius 3 is 2.41 bits per heavy atom. The number of nitrogens with one attached hydrogen (secondary N) is 3. The van der Waals surface area contributed by atoms with Gasteiger partial charge in [0.05, 0.1) is 13.1 Å². The van der Waals surface area contributed by atoms with Crippen LogP contribution in [0.2, 0.25) is 0 Å². The number of amides is 3. The Morgan fingerprint density at radius 2 is 1.71 bits per heavy atom. The first-order valence-corrected chi connectivity index (χ1v) is 11.4. The first kappa shape index (κ1) is 25.5. The molecule has 2 aromatic rings. The highest BCUT2D eigenvalue weighted by molar-refractivity contribution is 5.96. The third-order valence-corrected chi connectivity index (χ3v) is 6.47. The number of hydrogen-bond acceptors (Lipinski definition) is 5. The smallest absolute Gasteiger partial charge is 0.250 e. The fraction of sp³-hybridized carbons (Fsp3) is 0.400. The molecule has 3 N–H and O–H groups in total. The summed E-state index contributed by atoms with van der Waals surface area (Å²) in [5.41, 5.74) is 2.21. The first-order valence-electron chi connectivity index (χ1n) is 11.4. The molecule has 0 saturated carbocycles. The van der Waals surface area contributed by atoms with Crippen molar-refractivity contribution in [2.24, 2.45) is 0 Å². The molecule has 182 valence electrons. The molecule has 2 fully saturated rings. The molecule has 0 unspecified atom stereocenters. The van der Waals surface area contributed by atoms with Crippen molar-refractivity contribution < 1.29 is 14.4 Å². The number of rotatable bonds is 7. The summed E-state index contributed by atoms with van der Waals surface area (Å²) < 4.78 is 0. The molecule has 0 bridgehead atoms. The summed E-state index contributed by atoms with van der Waals surface area (Å²) in [4.78, 5) is 41.7. The molecule has 2 aromatic carbocycles. The third-order valence-electron chi connectivity index (χ3n) is 6.47. The monoisotopic (exact) mass is 485 g/mol. The Kier molecular flexibility index (Phi) is 8.52. The van der Waals surface area contributed by atoms with Crippen molar-refractivity contribution in [2.45, 2.75) is 31.3 Å². The van der Waals surface area contributed by atoms with E-state index in [0.29, 0.717) is 19.6 Å². The minimum atomic E-state index is -0.596. The van der Waals surface area contributed by atoms with Gasteiger partial charge in [-0.2, -0.15) is 0 Å². The molecule has 3 amide bonds. The number of para-hydroxylation sites is 1. The highest BCUT2D eigenvalue weighted by Gasteiger charge is 2.53. The van der Waals surface area contributed by atoms with Crippen LogP contribution in [-0.4, -0.2) is 61.5 Å². The second-order valence-corrected chi connectivity index (χ2v) is 8.64. The Morgan fingerprint density at radius 1 is 1.00 bits per heavy atom. The summed E-state index contributed by atoms with van der Waals surface area (Å²) in [5.74, 6) is -0.229. The summed E-state index contributed by atoms with van der Waals surface area (Å²) >= 11 is 0. The number of benzene rings is 2. The van der Waals surface area contributed by atoms with E-state index in [1.165, 1.54) is 0 Å². The van der Waals surface area contributed by atoms with E-state index in [2.05, 4.69) is 20.9 Å². The van der Waals surface area contributed by atoms with Gasteiger partial charge in [0.2, 0.25) is 17.7 Å². The molecule has 34 heavy (non-hydrogen) atoms. The average Bonchev–Trinajstić information content (AvgIpc) is 3.10. The second kappa shape index (κ2) is 11.4. The lowest BCUT2D eigenvalue weighted by molar-refractivity contribution is -0.136. The minimum Gasteiger partial charge on any atom is -0.359 e. The maximum absolute atomic E-state index is 13.5. The molecule has 0 aromatic heterocycles. The van der Waals surface area contributed by atoms with Crippen LogP contribution in [0, 0.1) is 0 Å². The quantitative estimate of drug-likeness (QED) is 0.552. The van der Waals surface area contributed by atoms with Gasteiger partial charge in [-0.3, -0.25) is 14.4 Å². The highest BCUT2D eigenvalue weighted by atomic mass is 35.5. The van der Waals surface area contributed by atoms with Crippen molar-refractivity contribution in [1.29, 1.82) is 0 Å². The predicted octanol–water partition coefficient (Wildman–Crippen LogP) is 1.44. The fourth-order valence-electron chi connectivity index (χ4n) is 4.72. The Balaban J connectivity index is 0.00000324. The zero-order chi connectivity index (χ0) is 23.3. The number of hydrogen-bond donors (Lipinski definition) is 3.